The van der Waals surface area contributed by atoms with Gasteiger partial charge in [-0.1, -0.05) is 12.5 Å². The Kier molecular flexibility index (Phi) is 4.63. The zero-order chi connectivity index (χ0) is 20.8. The summed E-state index contributed by atoms with van der Waals surface area (Å²) in [6, 6.07) is 6.37. The molecule has 1 amide bonds. The molecule has 9 heteroatoms. The Morgan fingerprint density at radius 2 is 1.97 bits per heavy atom. The summed E-state index contributed by atoms with van der Waals surface area (Å²) in [5.41, 5.74) is 1.93. The van der Waals surface area contributed by atoms with Crippen LogP contribution in [0, 0.1) is 5.92 Å². The number of ether oxygens (including phenoxy) is 1. The zero-order valence-electron chi connectivity index (χ0n) is 17.4. The van der Waals surface area contributed by atoms with E-state index in [-0.39, 0.29) is 12.0 Å². The van der Waals surface area contributed by atoms with Gasteiger partial charge < -0.3 is 19.1 Å². The van der Waals surface area contributed by atoms with Crippen LogP contribution in [0.5, 0.6) is 0 Å². The van der Waals surface area contributed by atoms with Crippen LogP contribution in [-0.2, 0) is 9.53 Å². The highest BCUT2D eigenvalue weighted by Crippen LogP contribution is 2.30. The molecule has 2 saturated heterocycles. The quantitative estimate of drug-likeness (QED) is 0.638. The summed E-state index contributed by atoms with van der Waals surface area (Å²) in [6.07, 6.45) is 6.07. The Morgan fingerprint density at radius 3 is 2.74 bits per heavy atom. The Bertz CT molecular complexity index is 1100. The second-order valence-corrected chi connectivity index (χ2v) is 8.75. The van der Waals surface area contributed by atoms with Crippen LogP contribution in [-0.4, -0.2) is 70.1 Å². The first-order valence-electron chi connectivity index (χ1n) is 11.2. The molecule has 0 unspecified atom stereocenters. The van der Waals surface area contributed by atoms with Gasteiger partial charge in [0.05, 0.1) is 31.0 Å². The molecule has 162 valence electrons. The third-order valence-corrected chi connectivity index (χ3v) is 6.77. The van der Waals surface area contributed by atoms with Crippen LogP contribution in [0.1, 0.15) is 31.7 Å². The van der Waals surface area contributed by atoms with E-state index in [1.807, 2.05) is 27.9 Å². The van der Waals surface area contributed by atoms with Crippen molar-refractivity contribution in [2.24, 2.45) is 5.92 Å². The lowest BCUT2D eigenvalue weighted by atomic mass is 9.84. The summed E-state index contributed by atoms with van der Waals surface area (Å²) in [5.74, 6) is 1.66. The zero-order valence-corrected chi connectivity index (χ0v) is 17.4. The number of aromatic nitrogens is 4. The van der Waals surface area contributed by atoms with E-state index >= 15 is 0 Å². The van der Waals surface area contributed by atoms with Gasteiger partial charge in [-0.3, -0.25) is 9.48 Å². The molecule has 9 nitrogen and oxygen atoms in total. The first-order valence-corrected chi connectivity index (χ1v) is 11.2. The number of benzene rings is 1. The molecule has 1 saturated carbocycles. The minimum Gasteiger partial charge on any atom is -0.377 e. The molecule has 4 heterocycles. The number of rotatable bonds is 4. The minimum absolute atomic E-state index is 0.248. The Hall–Kier alpha value is -2.94. The lowest BCUT2D eigenvalue weighted by Gasteiger charge is -2.30. The van der Waals surface area contributed by atoms with Crippen LogP contribution in [0.2, 0.25) is 0 Å². The van der Waals surface area contributed by atoms with Gasteiger partial charge in [0, 0.05) is 43.0 Å². The molecule has 1 aromatic carbocycles. The van der Waals surface area contributed by atoms with E-state index in [4.69, 9.17) is 9.26 Å². The molecule has 0 bridgehead atoms. The van der Waals surface area contributed by atoms with Crippen molar-refractivity contribution in [2.75, 3.05) is 44.3 Å². The normalized spacial score (nSPS) is 20.5. The standard InChI is InChI=1S/C22H26N6O3/c29-21(15-3-1-4-15)26-7-2-8-27(10-9-26)22-24-20(31-25-22)16-5-6-17-12-23-28(19(17)11-16)18-13-30-14-18/h5-6,11-12,15,18H,1-4,7-10,13-14H2. The van der Waals surface area contributed by atoms with Crippen molar-refractivity contribution in [1.82, 2.24) is 24.8 Å². The van der Waals surface area contributed by atoms with Crippen LogP contribution in [0.4, 0.5) is 5.95 Å². The maximum absolute atomic E-state index is 12.6. The van der Waals surface area contributed by atoms with Crippen LogP contribution >= 0.6 is 0 Å². The predicted molar refractivity (Wildman–Crippen MR) is 114 cm³/mol. The van der Waals surface area contributed by atoms with Crippen molar-refractivity contribution < 1.29 is 14.1 Å². The number of anilines is 1. The number of carbonyl (C=O) groups excluding carboxylic acids is 1. The van der Waals surface area contributed by atoms with Crippen LogP contribution < -0.4 is 4.90 Å². The molecule has 2 aromatic heterocycles. The molecule has 0 N–H and O–H groups in total. The van der Waals surface area contributed by atoms with Gasteiger partial charge in [0.2, 0.25) is 5.91 Å². The Balaban J connectivity index is 1.19. The van der Waals surface area contributed by atoms with E-state index in [9.17, 15) is 4.79 Å². The highest BCUT2D eigenvalue weighted by Gasteiger charge is 2.31. The average molecular weight is 422 g/mol. The summed E-state index contributed by atoms with van der Waals surface area (Å²) in [4.78, 5) is 21.4. The molecule has 0 spiro atoms. The monoisotopic (exact) mass is 422 g/mol. The molecule has 2 aliphatic heterocycles. The summed E-state index contributed by atoms with van der Waals surface area (Å²) >= 11 is 0. The SMILES string of the molecule is O=C(C1CCC1)N1CCCN(c2noc(-c3ccc4cnn(C5COC5)c4c3)n2)CC1. The molecule has 31 heavy (non-hydrogen) atoms. The molecule has 3 aliphatic rings. The van der Waals surface area contributed by atoms with Crippen LogP contribution in [0.3, 0.4) is 0 Å². The summed E-state index contributed by atoms with van der Waals surface area (Å²) in [5, 5.41) is 9.83. The number of hydrogen-bond acceptors (Lipinski definition) is 7. The van der Waals surface area contributed by atoms with Gasteiger partial charge in [0.1, 0.15) is 0 Å². The third-order valence-electron chi connectivity index (χ3n) is 6.77. The van der Waals surface area contributed by atoms with Gasteiger partial charge in [-0.05, 0) is 36.6 Å². The summed E-state index contributed by atoms with van der Waals surface area (Å²) in [7, 11) is 0. The van der Waals surface area contributed by atoms with Crippen molar-refractivity contribution in [3.63, 3.8) is 0 Å². The second kappa shape index (κ2) is 7.64. The van der Waals surface area contributed by atoms with Crippen molar-refractivity contribution in [3.8, 4) is 11.5 Å². The Labute approximate surface area is 179 Å². The highest BCUT2D eigenvalue weighted by atomic mass is 16.5. The summed E-state index contributed by atoms with van der Waals surface area (Å²) < 4.78 is 12.9. The minimum atomic E-state index is 0.248. The lowest BCUT2D eigenvalue weighted by molar-refractivity contribution is -0.137. The van der Waals surface area contributed by atoms with E-state index in [1.54, 1.807) is 0 Å². The van der Waals surface area contributed by atoms with E-state index in [0.29, 0.717) is 37.5 Å². The number of hydrogen-bond donors (Lipinski definition) is 0. The molecular weight excluding hydrogens is 396 g/mol. The van der Waals surface area contributed by atoms with Gasteiger partial charge >= 0.3 is 0 Å². The van der Waals surface area contributed by atoms with E-state index in [1.165, 1.54) is 6.42 Å². The Morgan fingerprint density at radius 1 is 1.06 bits per heavy atom. The van der Waals surface area contributed by atoms with Crippen LogP contribution in [0.25, 0.3) is 22.4 Å². The number of nitrogens with zero attached hydrogens (tertiary/aromatic N) is 6. The van der Waals surface area contributed by atoms with Gasteiger partial charge in [0.15, 0.2) is 0 Å². The molecule has 1 aliphatic carbocycles. The number of fused-ring (bicyclic) bond motifs is 1. The predicted octanol–water partition coefficient (Wildman–Crippen LogP) is 2.50. The molecule has 0 atom stereocenters. The second-order valence-electron chi connectivity index (χ2n) is 8.75. The molecule has 6 rings (SSSR count). The van der Waals surface area contributed by atoms with Crippen LogP contribution in [0.15, 0.2) is 28.9 Å². The van der Waals surface area contributed by atoms with Crippen molar-refractivity contribution >= 4 is 22.8 Å². The van der Waals surface area contributed by atoms with Gasteiger partial charge in [-0.25, -0.2) is 0 Å². The molecule has 3 aromatic rings. The highest BCUT2D eigenvalue weighted by molar-refractivity contribution is 5.83. The maximum Gasteiger partial charge on any atom is 0.266 e. The topological polar surface area (TPSA) is 89.5 Å². The molecule has 0 radical (unpaired) electrons. The van der Waals surface area contributed by atoms with E-state index < -0.39 is 0 Å². The van der Waals surface area contributed by atoms with Crippen molar-refractivity contribution in [2.45, 2.75) is 31.7 Å². The third kappa shape index (κ3) is 3.37. The maximum atomic E-state index is 12.6. The average Bonchev–Trinajstić information content (AvgIpc) is 3.26. The molecular formula is C22H26N6O3. The van der Waals surface area contributed by atoms with Gasteiger partial charge in [-0.2, -0.15) is 10.1 Å². The van der Waals surface area contributed by atoms with E-state index in [0.717, 1.165) is 55.4 Å². The smallest absolute Gasteiger partial charge is 0.266 e. The number of amides is 1. The largest absolute Gasteiger partial charge is 0.377 e. The fraction of sp³-hybridized carbons (Fsp3) is 0.545. The van der Waals surface area contributed by atoms with Gasteiger partial charge in [-0.15, -0.1) is 0 Å². The molecule has 3 fully saturated rings. The van der Waals surface area contributed by atoms with E-state index in [2.05, 4.69) is 26.2 Å². The lowest BCUT2D eigenvalue weighted by Crippen LogP contribution is -2.41. The first-order chi connectivity index (χ1) is 15.3. The van der Waals surface area contributed by atoms with Crippen molar-refractivity contribution in [3.05, 3.63) is 24.4 Å². The van der Waals surface area contributed by atoms with Gasteiger partial charge in [0.25, 0.3) is 11.8 Å². The summed E-state index contributed by atoms with van der Waals surface area (Å²) in [6.45, 7) is 4.46. The number of carbonyl (C=O) groups is 1. The first kappa shape index (κ1) is 18.8. The fourth-order valence-electron chi connectivity index (χ4n) is 4.54. The van der Waals surface area contributed by atoms with Crippen molar-refractivity contribution in [1.29, 1.82) is 0 Å². The fourth-order valence-corrected chi connectivity index (χ4v) is 4.54.